The Balaban J connectivity index is 1.46. The lowest BCUT2D eigenvalue weighted by Crippen LogP contribution is -2.26. The summed E-state index contributed by atoms with van der Waals surface area (Å²) in [4.78, 5) is 16.9. The molecule has 4 rings (SSSR count). The standard InChI is InChI=1S/C24H23ClN2O2/c1-16-5-2-3-6-17(16)11-12-26-24(28)21-14-23(25)27-15-22(21)29-20-8-4-7-19(13-20)18-9-10-18/h2-8,13-15,18H,9-12H2,1H3,(H,26,28). The number of aryl methyl sites for hydroxylation is 1. The van der Waals surface area contributed by atoms with E-state index in [-0.39, 0.29) is 11.1 Å². The molecule has 1 heterocycles. The molecule has 29 heavy (non-hydrogen) atoms. The van der Waals surface area contributed by atoms with E-state index in [1.165, 1.54) is 35.7 Å². The topological polar surface area (TPSA) is 51.2 Å². The zero-order valence-electron chi connectivity index (χ0n) is 16.3. The molecule has 0 saturated heterocycles. The Morgan fingerprint density at radius 1 is 1.17 bits per heavy atom. The Morgan fingerprint density at radius 3 is 2.79 bits per heavy atom. The van der Waals surface area contributed by atoms with Crippen molar-refractivity contribution in [2.45, 2.75) is 32.1 Å². The average Bonchev–Trinajstić information content (AvgIpc) is 3.56. The largest absolute Gasteiger partial charge is 0.455 e. The molecule has 0 spiro atoms. The fraction of sp³-hybridized carbons (Fsp3) is 0.250. The maximum atomic E-state index is 12.8. The molecule has 1 amide bonds. The molecule has 0 unspecified atom stereocenters. The summed E-state index contributed by atoms with van der Waals surface area (Å²) in [5.74, 6) is 1.51. The van der Waals surface area contributed by atoms with Crippen LogP contribution in [0.5, 0.6) is 11.5 Å². The van der Waals surface area contributed by atoms with Crippen LogP contribution < -0.4 is 10.1 Å². The average molecular weight is 407 g/mol. The minimum Gasteiger partial charge on any atom is -0.455 e. The quantitative estimate of drug-likeness (QED) is 0.513. The Kier molecular flexibility index (Phi) is 5.81. The van der Waals surface area contributed by atoms with Crippen LogP contribution in [0.2, 0.25) is 5.15 Å². The minimum atomic E-state index is -0.226. The van der Waals surface area contributed by atoms with Crippen LogP contribution >= 0.6 is 11.6 Å². The number of amides is 1. The van der Waals surface area contributed by atoms with Crippen molar-refractivity contribution in [3.63, 3.8) is 0 Å². The van der Waals surface area contributed by atoms with E-state index in [1.54, 1.807) is 6.07 Å². The van der Waals surface area contributed by atoms with Crippen LogP contribution in [0.3, 0.4) is 0 Å². The van der Waals surface area contributed by atoms with Crippen molar-refractivity contribution in [2.75, 3.05) is 6.54 Å². The zero-order chi connectivity index (χ0) is 20.2. The third-order valence-electron chi connectivity index (χ3n) is 5.15. The number of carbonyl (C=O) groups excluding carboxylic acids is 1. The first-order chi connectivity index (χ1) is 14.1. The van der Waals surface area contributed by atoms with Gasteiger partial charge < -0.3 is 10.1 Å². The van der Waals surface area contributed by atoms with Gasteiger partial charge >= 0.3 is 0 Å². The van der Waals surface area contributed by atoms with Crippen molar-refractivity contribution in [3.8, 4) is 11.5 Å². The van der Waals surface area contributed by atoms with E-state index in [9.17, 15) is 4.79 Å². The molecule has 4 nitrogen and oxygen atoms in total. The highest BCUT2D eigenvalue weighted by Crippen LogP contribution is 2.41. The van der Waals surface area contributed by atoms with Crippen LogP contribution in [-0.4, -0.2) is 17.4 Å². The van der Waals surface area contributed by atoms with Crippen LogP contribution in [0.1, 0.15) is 45.8 Å². The van der Waals surface area contributed by atoms with Crippen molar-refractivity contribution in [1.29, 1.82) is 0 Å². The number of hydrogen-bond donors (Lipinski definition) is 1. The van der Waals surface area contributed by atoms with Crippen LogP contribution in [0.15, 0.2) is 60.8 Å². The van der Waals surface area contributed by atoms with Gasteiger partial charge in [0.25, 0.3) is 5.91 Å². The van der Waals surface area contributed by atoms with E-state index in [4.69, 9.17) is 16.3 Å². The Labute approximate surface area is 175 Å². The molecule has 0 bridgehead atoms. The third kappa shape index (κ3) is 4.96. The van der Waals surface area contributed by atoms with Gasteiger partial charge in [-0.25, -0.2) is 4.98 Å². The Morgan fingerprint density at radius 2 is 2.00 bits per heavy atom. The third-order valence-corrected chi connectivity index (χ3v) is 5.36. The first-order valence-corrected chi connectivity index (χ1v) is 10.2. The van der Waals surface area contributed by atoms with E-state index in [0.29, 0.717) is 29.5 Å². The number of hydrogen-bond acceptors (Lipinski definition) is 3. The van der Waals surface area contributed by atoms with Gasteiger partial charge in [-0.05, 0) is 67.0 Å². The molecule has 1 N–H and O–H groups in total. The van der Waals surface area contributed by atoms with Crippen molar-refractivity contribution >= 4 is 17.5 Å². The lowest BCUT2D eigenvalue weighted by Gasteiger charge is -2.13. The van der Waals surface area contributed by atoms with Gasteiger partial charge in [0.2, 0.25) is 0 Å². The summed E-state index contributed by atoms with van der Waals surface area (Å²) in [7, 11) is 0. The van der Waals surface area contributed by atoms with Gasteiger partial charge in [0.15, 0.2) is 5.75 Å². The Bertz CT molecular complexity index is 1030. The lowest BCUT2D eigenvalue weighted by molar-refractivity contribution is 0.0951. The number of carbonyl (C=O) groups is 1. The second-order valence-electron chi connectivity index (χ2n) is 7.38. The molecular formula is C24H23ClN2O2. The molecule has 1 fully saturated rings. The van der Waals surface area contributed by atoms with Gasteiger partial charge in [0, 0.05) is 6.54 Å². The van der Waals surface area contributed by atoms with Gasteiger partial charge in [-0.15, -0.1) is 0 Å². The summed E-state index contributed by atoms with van der Waals surface area (Å²) in [6, 6.07) is 17.7. The fourth-order valence-electron chi connectivity index (χ4n) is 3.35. The number of halogens is 1. The number of ether oxygens (including phenoxy) is 1. The smallest absolute Gasteiger partial charge is 0.255 e. The minimum absolute atomic E-state index is 0.226. The molecule has 5 heteroatoms. The van der Waals surface area contributed by atoms with Crippen LogP contribution in [0, 0.1) is 6.92 Å². The van der Waals surface area contributed by atoms with Crippen LogP contribution in [0.4, 0.5) is 0 Å². The summed E-state index contributed by atoms with van der Waals surface area (Å²) in [5, 5.41) is 3.22. The number of nitrogens with one attached hydrogen (secondary N) is 1. The van der Waals surface area contributed by atoms with E-state index >= 15 is 0 Å². The molecular weight excluding hydrogens is 384 g/mol. The lowest BCUT2D eigenvalue weighted by atomic mass is 10.1. The number of rotatable bonds is 7. The fourth-order valence-corrected chi connectivity index (χ4v) is 3.51. The number of benzene rings is 2. The number of pyridine rings is 1. The number of nitrogens with zero attached hydrogens (tertiary/aromatic N) is 1. The van der Waals surface area contributed by atoms with E-state index < -0.39 is 0 Å². The monoisotopic (exact) mass is 406 g/mol. The highest BCUT2D eigenvalue weighted by Gasteiger charge is 2.24. The normalized spacial score (nSPS) is 13.2. The van der Waals surface area contributed by atoms with Crippen molar-refractivity contribution in [2.24, 2.45) is 0 Å². The molecule has 2 aromatic carbocycles. The van der Waals surface area contributed by atoms with Crippen LogP contribution in [0.25, 0.3) is 0 Å². The summed E-state index contributed by atoms with van der Waals surface area (Å²) < 4.78 is 6.01. The molecule has 1 aliphatic rings. The van der Waals surface area contributed by atoms with Gasteiger partial charge in [-0.3, -0.25) is 4.79 Å². The second kappa shape index (κ2) is 8.66. The first-order valence-electron chi connectivity index (χ1n) is 9.86. The van der Waals surface area contributed by atoms with Gasteiger partial charge in [0.05, 0.1) is 11.8 Å². The number of aromatic nitrogens is 1. The van der Waals surface area contributed by atoms with Crippen molar-refractivity contribution < 1.29 is 9.53 Å². The van der Waals surface area contributed by atoms with E-state index in [0.717, 1.165) is 6.42 Å². The molecule has 1 aliphatic carbocycles. The molecule has 3 aromatic rings. The predicted octanol–water partition coefficient (Wildman–Crippen LogP) is 5.69. The molecule has 0 radical (unpaired) electrons. The maximum absolute atomic E-state index is 12.8. The SMILES string of the molecule is Cc1ccccc1CCNC(=O)c1cc(Cl)ncc1Oc1cccc(C2CC2)c1. The van der Waals surface area contributed by atoms with Gasteiger partial charge in [0.1, 0.15) is 10.9 Å². The molecule has 1 saturated carbocycles. The maximum Gasteiger partial charge on any atom is 0.255 e. The second-order valence-corrected chi connectivity index (χ2v) is 7.77. The molecule has 1 aromatic heterocycles. The molecule has 0 atom stereocenters. The predicted molar refractivity (Wildman–Crippen MR) is 115 cm³/mol. The van der Waals surface area contributed by atoms with E-state index in [1.807, 2.05) is 30.3 Å². The first kappa shape index (κ1) is 19.5. The van der Waals surface area contributed by atoms with E-state index in [2.05, 4.69) is 35.4 Å². The highest BCUT2D eigenvalue weighted by molar-refractivity contribution is 6.29. The summed E-state index contributed by atoms with van der Waals surface area (Å²) in [6.45, 7) is 2.60. The van der Waals surface area contributed by atoms with Crippen LogP contribution in [-0.2, 0) is 6.42 Å². The van der Waals surface area contributed by atoms with Crippen molar-refractivity contribution in [1.82, 2.24) is 10.3 Å². The van der Waals surface area contributed by atoms with Crippen molar-refractivity contribution in [3.05, 3.63) is 88.2 Å². The summed E-state index contributed by atoms with van der Waals surface area (Å²) in [6.07, 6.45) is 4.71. The zero-order valence-corrected chi connectivity index (χ0v) is 17.1. The highest BCUT2D eigenvalue weighted by atomic mass is 35.5. The molecule has 148 valence electrons. The van der Waals surface area contributed by atoms with Gasteiger partial charge in [-0.1, -0.05) is 48.0 Å². The Hall–Kier alpha value is -2.85. The molecule has 0 aliphatic heterocycles. The summed E-state index contributed by atoms with van der Waals surface area (Å²) >= 11 is 6.04. The summed E-state index contributed by atoms with van der Waals surface area (Å²) in [5.41, 5.74) is 4.09. The van der Waals surface area contributed by atoms with Gasteiger partial charge in [-0.2, -0.15) is 0 Å².